The van der Waals surface area contributed by atoms with Gasteiger partial charge in [-0.1, -0.05) is 18.5 Å². The summed E-state index contributed by atoms with van der Waals surface area (Å²) in [5.41, 5.74) is 0.983. The van der Waals surface area contributed by atoms with Crippen molar-refractivity contribution in [2.45, 2.75) is 26.7 Å². The molecule has 1 amide bonds. The zero-order valence-corrected chi connectivity index (χ0v) is 16.0. The smallest absolute Gasteiger partial charge is 0.343 e. The number of nitrogens with zero attached hydrogens (tertiary/aromatic N) is 3. The lowest BCUT2D eigenvalue weighted by Crippen LogP contribution is -2.40. The first-order chi connectivity index (χ1) is 12.9. The third-order valence-corrected chi connectivity index (χ3v) is 5.09. The maximum absolute atomic E-state index is 13.1. The molecule has 0 unspecified atom stereocenters. The summed E-state index contributed by atoms with van der Waals surface area (Å²) in [4.78, 5) is 26.4. The zero-order valence-electron chi connectivity index (χ0n) is 15.2. The number of hydrogen-bond acceptors (Lipinski definition) is 4. The maximum Gasteiger partial charge on any atom is 0.343 e. The highest BCUT2D eigenvalue weighted by Gasteiger charge is 2.25. The van der Waals surface area contributed by atoms with E-state index in [1.54, 1.807) is 11.8 Å². The van der Waals surface area contributed by atoms with Gasteiger partial charge in [0, 0.05) is 13.1 Å². The first-order valence-corrected chi connectivity index (χ1v) is 9.20. The first-order valence-electron chi connectivity index (χ1n) is 8.82. The quantitative estimate of drug-likeness (QED) is 0.747. The fraction of sp³-hybridized carbons (Fsp3) is 0.421. The Bertz CT molecular complexity index is 843. The molecule has 2 heterocycles. The van der Waals surface area contributed by atoms with E-state index in [-0.39, 0.29) is 29.0 Å². The fourth-order valence-electron chi connectivity index (χ4n) is 3.03. The molecule has 0 atom stereocenters. The normalized spacial score (nSPS) is 15.0. The topological polar surface area (TPSA) is 64.4 Å². The Morgan fingerprint density at radius 2 is 1.89 bits per heavy atom. The van der Waals surface area contributed by atoms with Gasteiger partial charge in [-0.25, -0.2) is 13.9 Å². The van der Waals surface area contributed by atoms with Crippen molar-refractivity contribution in [1.82, 2.24) is 14.7 Å². The number of aromatic nitrogens is 2. The molecule has 0 bridgehead atoms. The fourth-order valence-corrected chi connectivity index (χ4v) is 3.38. The number of amides is 1. The molecule has 1 fully saturated rings. The van der Waals surface area contributed by atoms with Crippen molar-refractivity contribution < 1.29 is 18.7 Å². The minimum absolute atomic E-state index is 0.0587. The number of benzene rings is 1. The third-order valence-electron chi connectivity index (χ3n) is 4.74. The summed E-state index contributed by atoms with van der Waals surface area (Å²) in [5.74, 6) is -0.695. The van der Waals surface area contributed by atoms with Crippen LogP contribution in [0.3, 0.4) is 0 Å². The summed E-state index contributed by atoms with van der Waals surface area (Å²) in [7, 11) is 0. The van der Waals surface area contributed by atoms with Crippen molar-refractivity contribution >= 4 is 23.5 Å². The van der Waals surface area contributed by atoms with Crippen LogP contribution in [0, 0.1) is 18.7 Å². The minimum atomic E-state index is -0.704. The van der Waals surface area contributed by atoms with E-state index in [4.69, 9.17) is 16.3 Å². The molecule has 1 aromatic heterocycles. The Hall–Kier alpha value is -2.41. The van der Waals surface area contributed by atoms with E-state index in [1.807, 2.05) is 0 Å². The highest BCUT2D eigenvalue weighted by molar-refractivity contribution is 6.33. The van der Waals surface area contributed by atoms with Crippen LogP contribution in [0.4, 0.5) is 4.39 Å². The lowest BCUT2D eigenvalue weighted by molar-refractivity contribution is -0.135. The van der Waals surface area contributed by atoms with Gasteiger partial charge in [-0.2, -0.15) is 5.10 Å². The van der Waals surface area contributed by atoms with Crippen LogP contribution in [0.1, 0.15) is 35.8 Å². The van der Waals surface area contributed by atoms with Gasteiger partial charge in [0.1, 0.15) is 16.5 Å². The lowest BCUT2D eigenvalue weighted by atomic mass is 9.99. The summed E-state index contributed by atoms with van der Waals surface area (Å²) in [6, 6.07) is 5.56. The second-order valence-corrected chi connectivity index (χ2v) is 7.14. The number of piperidine rings is 1. The Morgan fingerprint density at radius 1 is 1.26 bits per heavy atom. The Kier molecular flexibility index (Phi) is 5.79. The summed E-state index contributed by atoms with van der Waals surface area (Å²) in [6.45, 7) is 4.81. The van der Waals surface area contributed by atoms with E-state index in [9.17, 15) is 14.0 Å². The number of carbonyl (C=O) groups excluding carboxylic acids is 2. The van der Waals surface area contributed by atoms with Gasteiger partial charge in [0.25, 0.3) is 5.91 Å². The average molecular weight is 394 g/mol. The molecule has 1 saturated heterocycles. The molecule has 0 aliphatic carbocycles. The molecule has 1 aromatic carbocycles. The summed E-state index contributed by atoms with van der Waals surface area (Å²) >= 11 is 6.29. The number of rotatable bonds is 4. The number of esters is 1. The van der Waals surface area contributed by atoms with Crippen LogP contribution in [0.15, 0.2) is 24.3 Å². The van der Waals surface area contributed by atoms with Gasteiger partial charge in [0.05, 0.1) is 11.4 Å². The molecule has 27 heavy (non-hydrogen) atoms. The van der Waals surface area contributed by atoms with Gasteiger partial charge in [0.2, 0.25) is 0 Å². The molecule has 144 valence electrons. The summed E-state index contributed by atoms with van der Waals surface area (Å²) in [6.07, 6.45) is 1.91. The largest absolute Gasteiger partial charge is 0.452 e. The molecule has 0 N–H and O–H groups in total. The van der Waals surface area contributed by atoms with E-state index in [2.05, 4.69) is 12.0 Å². The van der Waals surface area contributed by atoms with Gasteiger partial charge >= 0.3 is 5.97 Å². The highest BCUT2D eigenvalue weighted by Crippen LogP contribution is 2.24. The standard InChI is InChI=1S/C19H21ClFN3O3/c1-12-7-9-23(10-8-12)16(25)11-27-19(26)17-13(2)22-24(18(17)20)15-5-3-14(21)4-6-15/h3-6,12H,7-11H2,1-2H3. The van der Waals surface area contributed by atoms with Crippen LogP contribution in [0.2, 0.25) is 5.15 Å². The highest BCUT2D eigenvalue weighted by atomic mass is 35.5. The van der Waals surface area contributed by atoms with Crippen molar-refractivity contribution in [2.75, 3.05) is 19.7 Å². The van der Waals surface area contributed by atoms with Gasteiger partial charge in [-0.05, 0) is 49.9 Å². The van der Waals surface area contributed by atoms with E-state index in [0.29, 0.717) is 30.4 Å². The molecular formula is C19H21ClFN3O3. The summed E-state index contributed by atoms with van der Waals surface area (Å²) in [5, 5.41) is 4.28. The van der Waals surface area contributed by atoms with Crippen LogP contribution >= 0.6 is 11.6 Å². The van der Waals surface area contributed by atoms with Gasteiger partial charge < -0.3 is 9.64 Å². The average Bonchev–Trinajstić information content (AvgIpc) is 2.95. The van der Waals surface area contributed by atoms with Crippen molar-refractivity contribution in [2.24, 2.45) is 5.92 Å². The zero-order chi connectivity index (χ0) is 19.6. The lowest BCUT2D eigenvalue weighted by Gasteiger charge is -2.30. The second kappa shape index (κ2) is 8.08. The third kappa shape index (κ3) is 4.30. The van der Waals surface area contributed by atoms with Crippen LogP contribution in [0.5, 0.6) is 0 Å². The Morgan fingerprint density at radius 3 is 2.52 bits per heavy atom. The molecule has 1 aliphatic rings. The maximum atomic E-state index is 13.1. The molecule has 0 saturated carbocycles. The van der Waals surface area contributed by atoms with E-state index in [1.165, 1.54) is 28.9 Å². The van der Waals surface area contributed by atoms with Crippen LogP contribution in [-0.4, -0.2) is 46.3 Å². The SMILES string of the molecule is Cc1nn(-c2ccc(F)cc2)c(Cl)c1C(=O)OCC(=O)N1CCC(C)CC1. The Labute approximate surface area is 161 Å². The first kappa shape index (κ1) is 19.4. The van der Waals surface area contributed by atoms with Crippen LogP contribution in [-0.2, 0) is 9.53 Å². The van der Waals surface area contributed by atoms with E-state index in [0.717, 1.165) is 12.8 Å². The van der Waals surface area contributed by atoms with Gasteiger partial charge in [-0.15, -0.1) is 0 Å². The van der Waals surface area contributed by atoms with Gasteiger partial charge in [-0.3, -0.25) is 4.79 Å². The van der Waals surface area contributed by atoms with E-state index < -0.39 is 5.97 Å². The summed E-state index contributed by atoms with van der Waals surface area (Å²) < 4.78 is 19.6. The Balaban J connectivity index is 1.68. The van der Waals surface area contributed by atoms with Crippen molar-refractivity contribution in [3.05, 3.63) is 46.5 Å². The molecule has 8 heteroatoms. The molecule has 3 rings (SSSR count). The van der Waals surface area contributed by atoms with Crippen molar-refractivity contribution in [1.29, 1.82) is 0 Å². The molecule has 1 aliphatic heterocycles. The number of aryl methyl sites for hydroxylation is 1. The van der Waals surface area contributed by atoms with E-state index >= 15 is 0 Å². The van der Waals surface area contributed by atoms with Crippen LogP contribution in [0.25, 0.3) is 5.69 Å². The number of hydrogen-bond donors (Lipinski definition) is 0. The number of ether oxygens (including phenoxy) is 1. The minimum Gasteiger partial charge on any atom is -0.452 e. The van der Waals surface area contributed by atoms with Crippen LogP contribution < -0.4 is 0 Å². The molecular weight excluding hydrogens is 373 g/mol. The predicted molar refractivity (Wildman–Crippen MR) is 98.5 cm³/mol. The number of halogens is 2. The van der Waals surface area contributed by atoms with Crippen molar-refractivity contribution in [3.63, 3.8) is 0 Å². The number of carbonyl (C=O) groups is 2. The molecule has 0 spiro atoms. The molecule has 2 aromatic rings. The predicted octanol–water partition coefficient (Wildman–Crippen LogP) is 3.39. The second-order valence-electron chi connectivity index (χ2n) is 6.78. The molecule has 6 nitrogen and oxygen atoms in total. The van der Waals surface area contributed by atoms with Gasteiger partial charge in [0.15, 0.2) is 6.61 Å². The number of likely N-dealkylation sites (tertiary alicyclic amines) is 1. The molecule has 0 radical (unpaired) electrons. The van der Waals surface area contributed by atoms with Crippen molar-refractivity contribution in [3.8, 4) is 5.69 Å². The monoisotopic (exact) mass is 393 g/mol.